The Bertz CT molecular complexity index is 263. The molecule has 3 heteroatoms. The highest BCUT2D eigenvalue weighted by atomic mass is 35.5. The fourth-order valence-corrected chi connectivity index (χ4v) is 1.16. The van der Waals surface area contributed by atoms with Crippen LogP contribution in [-0.2, 0) is 11.3 Å². The van der Waals surface area contributed by atoms with Crippen LogP contribution in [0.2, 0.25) is 5.02 Å². The summed E-state index contributed by atoms with van der Waals surface area (Å²) in [6, 6.07) is 5.92. The summed E-state index contributed by atoms with van der Waals surface area (Å²) in [6.07, 6.45) is 0.828. The first-order valence-electron chi connectivity index (χ1n) is 3.80. The molecule has 0 saturated heterocycles. The molecule has 12 heavy (non-hydrogen) atoms. The minimum Gasteiger partial charge on any atom is -0.304 e. The fraction of sp³-hybridized carbons (Fsp3) is 0.333. The highest BCUT2D eigenvalue weighted by Gasteiger charge is 1.96. The lowest BCUT2D eigenvalue weighted by atomic mass is 10.1. The Hall–Kier alpha value is -0.570. The van der Waals surface area contributed by atoms with Crippen molar-refractivity contribution in [1.29, 1.82) is 0 Å². The van der Waals surface area contributed by atoms with Crippen LogP contribution in [0.5, 0.6) is 0 Å². The molecule has 0 atom stereocenters. The van der Waals surface area contributed by atoms with E-state index in [4.69, 9.17) is 17.5 Å². The lowest BCUT2D eigenvalue weighted by molar-refractivity contribution is 0.141. The Morgan fingerprint density at radius 2 is 2.25 bits per heavy atom. The van der Waals surface area contributed by atoms with Crippen molar-refractivity contribution in [1.82, 2.24) is 0 Å². The minimum atomic E-state index is 0.543. The molecule has 66 valence electrons. The first-order valence-corrected chi connectivity index (χ1v) is 4.18. The highest BCUT2D eigenvalue weighted by Crippen LogP contribution is 2.16. The van der Waals surface area contributed by atoms with Crippen molar-refractivity contribution in [2.24, 2.45) is 5.90 Å². The van der Waals surface area contributed by atoms with Crippen molar-refractivity contribution in [2.75, 3.05) is 6.61 Å². The quantitative estimate of drug-likeness (QED) is 0.732. The molecule has 1 aromatic carbocycles. The second-order valence-electron chi connectivity index (χ2n) is 2.70. The lowest BCUT2D eigenvalue weighted by Gasteiger charge is -2.02. The zero-order valence-corrected chi connectivity index (χ0v) is 7.77. The van der Waals surface area contributed by atoms with E-state index in [9.17, 15) is 0 Å². The average molecular weight is 186 g/mol. The monoisotopic (exact) mass is 185 g/mol. The molecule has 0 aliphatic carbocycles. The van der Waals surface area contributed by atoms with Crippen molar-refractivity contribution in [3.63, 3.8) is 0 Å². The molecule has 0 heterocycles. The predicted molar refractivity (Wildman–Crippen MR) is 50.0 cm³/mol. The third-order valence-electron chi connectivity index (χ3n) is 1.73. The Balaban J connectivity index is 2.69. The first-order chi connectivity index (χ1) is 5.74. The summed E-state index contributed by atoms with van der Waals surface area (Å²) in [5, 5.41) is 0.799. The molecular weight excluding hydrogens is 174 g/mol. The smallest absolute Gasteiger partial charge is 0.0719 e. The molecule has 1 rings (SSSR count). The van der Waals surface area contributed by atoms with E-state index < -0.39 is 0 Å². The van der Waals surface area contributed by atoms with Gasteiger partial charge in [0.2, 0.25) is 0 Å². The molecule has 1 aromatic rings. The van der Waals surface area contributed by atoms with Crippen LogP contribution in [0.15, 0.2) is 18.2 Å². The molecule has 0 amide bonds. The van der Waals surface area contributed by atoms with E-state index in [1.54, 1.807) is 0 Å². The maximum absolute atomic E-state index is 5.86. The van der Waals surface area contributed by atoms with Gasteiger partial charge in [-0.1, -0.05) is 23.7 Å². The SMILES string of the molecule is Cc1cc(CCON)ccc1Cl. The van der Waals surface area contributed by atoms with E-state index in [0.717, 1.165) is 17.0 Å². The molecule has 2 N–H and O–H groups in total. The van der Waals surface area contributed by atoms with Gasteiger partial charge in [0, 0.05) is 5.02 Å². The lowest BCUT2D eigenvalue weighted by Crippen LogP contribution is -2.03. The summed E-state index contributed by atoms with van der Waals surface area (Å²) in [5.74, 6) is 4.92. The van der Waals surface area contributed by atoms with Gasteiger partial charge in [-0.2, -0.15) is 0 Å². The molecule has 2 nitrogen and oxygen atoms in total. The minimum absolute atomic E-state index is 0.543. The van der Waals surface area contributed by atoms with Crippen LogP contribution >= 0.6 is 11.6 Å². The van der Waals surface area contributed by atoms with Gasteiger partial charge in [-0.25, -0.2) is 5.90 Å². The topological polar surface area (TPSA) is 35.2 Å². The summed E-state index contributed by atoms with van der Waals surface area (Å²) in [5.41, 5.74) is 2.29. The number of benzene rings is 1. The molecule has 0 bridgehead atoms. The number of nitrogens with two attached hydrogens (primary N) is 1. The molecule has 0 aromatic heterocycles. The molecule has 0 aliphatic heterocycles. The normalized spacial score (nSPS) is 10.2. The van der Waals surface area contributed by atoms with Crippen LogP contribution in [0.1, 0.15) is 11.1 Å². The van der Waals surface area contributed by atoms with Crippen LogP contribution in [0, 0.1) is 6.92 Å². The van der Waals surface area contributed by atoms with Gasteiger partial charge in [-0.15, -0.1) is 0 Å². The van der Waals surface area contributed by atoms with Gasteiger partial charge in [0.15, 0.2) is 0 Å². The van der Waals surface area contributed by atoms with Gasteiger partial charge in [0.05, 0.1) is 6.61 Å². The van der Waals surface area contributed by atoms with Crippen molar-refractivity contribution >= 4 is 11.6 Å². The molecular formula is C9H12ClNO. The summed E-state index contributed by atoms with van der Waals surface area (Å²) in [7, 11) is 0. The van der Waals surface area contributed by atoms with Crippen LogP contribution in [0.3, 0.4) is 0 Å². The maximum atomic E-state index is 5.86. The molecule has 0 unspecified atom stereocenters. The van der Waals surface area contributed by atoms with Gasteiger partial charge in [-0.05, 0) is 30.5 Å². The molecule has 0 saturated carbocycles. The van der Waals surface area contributed by atoms with E-state index in [2.05, 4.69) is 4.84 Å². The number of hydrogen-bond acceptors (Lipinski definition) is 2. The van der Waals surface area contributed by atoms with Crippen molar-refractivity contribution < 1.29 is 4.84 Å². The van der Waals surface area contributed by atoms with E-state index in [1.807, 2.05) is 25.1 Å². The Morgan fingerprint density at radius 3 is 2.83 bits per heavy atom. The second-order valence-corrected chi connectivity index (χ2v) is 3.11. The molecule has 0 radical (unpaired) electrons. The van der Waals surface area contributed by atoms with Gasteiger partial charge < -0.3 is 4.84 Å². The summed E-state index contributed by atoms with van der Waals surface area (Å²) >= 11 is 5.86. The fourth-order valence-electron chi connectivity index (χ4n) is 1.04. The van der Waals surface area contributed by atoms with Crippen molar-refractivity contribution in [3.8, 4) is 0 Å². The first kappa shape index (κ1) is 9.52. The van der Waals surface area contributed by atoms with Crippen LogP contribution in [0.25, 0.3) is 0 Å². The number of rotatable bonds is 3. The Labute approximate surface area is 77.2 Å². The van der Waals surface area contributed by atoms with Gasteiger partial charge in [0.25, 0.3) is 0 Å². The van der Waals surface area contributed by atoms with Gasteiger partial charge in [0.1, 0.15) is 0 Å². The Morgan fingerprint density at radius 1 is 1.50 bits per heavy atom. The van der Waals surface area contributed by atoms with E-state index >= 15 is 0 Å². The second kappa shape index (κ2) is 4.45. The van der Waals surface area contributed by atoms with E-state index in [-0.39, 0.29) is 0 Å². The average Bonchev–Trinajstić information content (AvgIpc) is 2.07. The summed E-state index contributed by atoms with van der Waals surface area (Å²) < 4.78 is 0. The highest BCUT2D eigenvalue weighted by molar-refractivity contribution is 6.31. The predicted octanol–water partition coefficient (Wildman–Crippen LogP) is 2.08. The third kappa shape index (κ3) is 2.48. The molecule has 0 fully saturated rings. The largest absolute Gasteiger partial charge is 0.304 e. The number of aryl methyl sites for hydroxylation is 1. The standard InChI is InChI=1S/C9H12ClNO/c1-7-6-8(4-5-12-11)2-3-9(7)10/h2-3,6H,4-5,11H2,1H3. The van der Waals surface area contributed by atoms with Crippen LogP contribution in [-0.4, -0.2) is 6.61 Å². The zero-order chi connectivity index (χ0) is 8.97. The molecule has 0 aliphatic rings. The van der Waals surface area contributed by atoms with Crippen LogP contribution in [0.4, 0.5) is 0 Å². The van der Waals surface area contributed by atoms with Gasteiger partial charge in [-0.3, -0.25) is 0 Å². The van der Waals surface area contributed by atoms with E-state index in [0.29, 0.717) is 6.61 Å². The van der Waals surface area contributed by atoms with Crippen molar-refractivity contribution in [2.45, 2.75) is 13.3 Å². The van der Waals surface area contributed by atoms with Gasteiger partial charge >= 0.3 is 0 Å². The summed E-state index contributed by atoms with van der Waals surface area (Å²) in [4.78, 5) is 4.48. The third-order valence-corrected chi connectivity index (χ3v) is 2.16. The number of halogens is 1. The Kier molecular flexibility index (Phi) is 3.53. The molecule has 0 spiro atoms. The number of hydrogen-bond donors (Lipinski definition) is 1. The van der Waals surface area contributed by atoms with Crippen LogP contribution < -0.4 is 5.90 Å². The zero-order valence-electron chi connectivity index (χ0n) is 7.01. The van der Waals surface area contributed by atoms with Crippen molar-refractivity contribution in [3.05, 3.63) is 34.3 Å². The maximum Gasteiger partial charge on any atom is 0.0719 e. The van der Waals surface area contributed by atoms with E-state index in [1.165, 1.54) is 5.56 Å². The summed E-state index contributed by atoms with van der Waals surface area (Å²) in [6.45, 7) is 2.52.